The van der Waals surface area contributed by atoms with Gasteiger partial charge in [-0.15, -0.1) is 0 Å². The Labute approximate surface area is 143 Å². The van der Waals surface area contributed by atoms with E-state index in [1.54, 1.807) is 0 Å². The molecule has 0 saturated heterocycles. The third-order valence-corrected chi connectivity index (χ3v) is 4.31. The molecule has 0 amide bonds. The molecular formula is C18H38N4O. The molecule has 5 nitrogen and oxygen atoms in total. The first kappa shape index (κ1) is 20.2. The first-order valence-corrected chi connectivity index (χ1v) is 9.50. The van der Waals surface area contributed by atoms with Crippen molar-refractivity contribution in [1.29, 1.82) is 0 Å². The van der Waals surface area contributed by atoms with Crippen LogP contribution in [0.25, 0.3) is 0 Å². The number of nitrogens with one attached hydrogen (secondary N) is 2. The molecule has 0 heterocycles. The zero-order chi connectivity index (χ0) is 17.1. The molecule has 0 aliphatic heterocycles. The predicted molar refractivity (Wildman–Crippen MR) is 99.1 cm³/mol. The first-order chi connectivity index (χ1) is 11.1. The Kier molecular flexibility index (Phi) is 10.3. The standard InChI is InChI=1S/C18H38N4O/c1-6-19-18(20-12-11-17(15(4)5)23-8-3)21-13-14-22(7-2)16-9-10-16/h15-17H,6-14H2,1-5H3,(H2,19,20,21). The van der Waals surface area contributed by atoms with Gasteiger partial charge in [-0.25, -0.2) is 0 Å². The summed E-state index contributed by atoms with van der Waals surface area (Å²) in [6.45, 7) is 16.5. The smallest absolute Gasteiger partial charge is 0.191 e. The van der Waals surface area contributed by atoms with Crippen molar-refractivity contribution in [3.05, 3.63) is 0 Å². The monoisotopic (exact) mass is 326 g/mol. The molecular weight excluding hydrogens is 288 g/mol. The molecule has 1 unspecified atom stereocenters. The van der Waals surface area contributed by atoms with Gasteiger partial charge in [0.1, 0.15) is 0 Å². The molecule has 0 spiro atoms. The van der Waals surface area contributed by atoms with Gasteiger partial charge in [0.15, 0.2) is 5.96 Å². The van der Waals surface area contributed by atoms with E-state index >= 15 is 0 Å². The first-order valence-electron chi connectivity index (χ1n) is 9.50. The van der Waals surface area contributed by atoms with Gasteiger partial charge in [-0.3, -0.25) is 9.89 Å². The molecule has 0 aromatic carbocycles. The Hall–Kier alpha value is -0.810. The van der Waals surface area contributed by atoms with Gasteiger partial charge in [0.2, 0.25) is 0 Å². The molecule has 1 saturated carbocycles. The molecule has 136 valence electrons. The van der Waals surface area contributed by atoms with Gasteiger partial charge >= 0.3 is 0 Å². The molecule has 1 aliphatic rings. The van der Waals surface area contributed by atoms with Crippen molar-refractivity contribution in [3.8, 4) is 0 Å². The summed E-state index contributed by atoms with van der Waals surface area (Å²) in [6, 6.07) is 0.833. The van der Waals surface area contributed by atoms with E-state index in [-0.39, 0.29) is 0 Å². The van der Waals surface area contributed by atoms with Gasteiger partial charge in [0.05, 0.1) is 6.10 Å². The van der Waals surface area contributed by atoms with Crippen LogP contribution in [0.3, 0.4) is 0 Å². The lowest BCUT2D eigenvalue weighted by molar-refractivity contribution is 0.0266. The maximum absolute atomic E-state index is 5.79. The molecule has 1 atom stereocenters. The Bertz CT molecular complexity index is 329. The van der Waals surface area contributed by atoms with Crippen LogP contribution in [-0.2, 0) is 4.74 Å². The van der Waals surface area contributed by atoms with Crippen LogP contribution in [0.5, 0.6) is 0 Å². The summed E-state index contributed by atoms with van der Waals surface area (Å²) in [6.07, 6.45) is 4.02. The second-order valence-electron chi connectivity index (χ2n) is 6.57. The molecule has 0 aromatic rings. The summed E-state index contributed by atoms with van der Waals surface area (Å²) < 4.78 is 5.79. The van der Waals surface area contributed by atoms with Crippen molar-refractivity contribution in [1.82, 2.24) is 15.5 Å². The SMILES string of the molecule is CCNC(=NCCC(OCC)C(C)C)NCCN(CC)C1CC1. The number of hydrogen-bond acceptors (Lipinski definition) is 3. The minimum atomic E-state index is 0.303. The van der Waals surface area contributed by atoms with Crippen LogP contribution in [0.1, 0.15) is 53.9 Å². The summed E-state index contributed by atoms with van der Waals surface area (Å²) in [5.74, 6) is 1.47. The van der Waals surface area contributed by atoms with E-state index < -0.39 is 0 Å². The summed E-state index contributed by atoms with van der Waals surface area (Å²) in [5, 5.41) is 6.79. The number of ether oxygens (including phenoxy) is 1. The van der Waals surface area contributed by atoms with E-state index in [1.165, 1.54) is 12.8 Å². The lowest BCUT2D eigenvalue weighted by Gasteiger charge is -2.21. The zero-order valence-electron chi connectivity index (χ0n) is 15.9. The average molecular weight is 327 g/mol. The molecule has 1 aliphatic carbocycles. The Balaban J connectivity index is 2.33. The van der Waals surface area contributed by atoms with E-state index in [2.05, 4.69) is 50.2 Å². The van der Waals surface area contributed by atoms with E-state index in [0.717, 1.165) is 57.8 Å². The Morgan fingerprint density at radius 3 is 2.48 bits per heavy atom. The highest BCUT2D eigenvalue weighted by Gasteiger charge is 2.27. The van der Waals surface area contributed by atoms with Gasteiger partial charge in [0, 0.05) is 38.8 Å². The van der Waals surface area contributed by atoms with Crippen molar-refractivity contribution < 1.29 is 4.74 Å². The highest BCUT2D eigenvalue weighted by molar-refractivity contribution is 5.79. The quantitative estimate of drug-likeness (QED) is 0.427. The van der Waals surface area contributed by atoms with Crippen LogP contribution in [0, 0.1) is 5.92 Å². The maximum Gasteiger partial charge on any atom is 0.191 e. The molecule has 0 radical (unpaired) electrons. The summed E-state index contributed by atoms with van der Waals surface area (Å²) in [5.41, 5.74) is 0. The third kappa shape index (κ3) is 8.56. The molecule has 5 heteroatoms. The summed E-state index contributed by atoms with van der Waals surface area (Å²) in [4.78, 5) is 7.25. The number of likely N-dealkylation sites (N-methyl/N-ethyl adjacent to an activating group) is 1. The fourth-order valence-electron chi connectivity index (χ4n) is 2.83. The fraction of sp³-hybridized carbons (Fsp3) is 0.944. The summed E-state index contributed by atoms with van der Waals surface area (Å²) in [7, 11) is 0. The number of rotatable bonds is 12. The van der Waals surface area contributed by atoms with Crippen LogP contribution < -0.4 is 10.6 Å². The van der Waals surface area contributed by atoms with Crippen molar-refractivity contribution in [2.45, 2.75) is 66.0 Å². The largest absolute Gasteiger partial charge is 0.378 e. The lowest BCUT2D eigenvalue weighted by Crippen LogP contribution is -2.42. The number of hydrogen-bond donors (Lipinski definition) is 2. The number of guanidine groups is 1. The van der Waals surface area contributed by atoms with E-state index in [9.17, 15) is 0 Å². The van der Waals surface area contributed by atoms with Crippen molar-refractivity contribution in [2.75, 3.05) is 39.3 Å². The Morgan fingerprint density at radius 1 is 1.22 bits per heavy atom. The van der Waals surface area contributed by atoms with Gasteiger partial charge in [-0.05, 0) is 45.6 Å². The minimum Gasteiger partial charge on any atom is -0.378 e. The average Bonchev–Trinajstić information content (AvgIpc) is 3.35. The van der Waals surface area contributed by atoms with Gasteiger partial charge in [-0.1, -0.05) is 20.8 Å². The van der Waals surface area contributed by atoms with Gasteiger partial charge < -0.3 is 15.4 Å². The highest BCUT2D eigenvalue weighted by atomic mass is 16.5. The van der Waals surface area contributed by atoms with Crippen LogP contribution in [0.15, 0.2) is 4.99 Å². The molecule has 0 bridgehead atoms. The minimum absolute atomic E-state index is 0.303. The normalized spacial score (nSPS) is 16.9. The molecule has 1 rings (SSSR count). The second-order valence-corrected chi connectivity index (χ2v) is 6.57. The second kappa shape index (κ2) is 11.7. The van der Waals surface area contributed by atoms with Crippen LogP contribution >= 0.6 is 0 Å². The third-order valence-electron chi connectivity index (χ3n) is 4.31. The van der Waals surface area contributed by atoms with Gasteiger partial charge in [0.25, 0.3) is 0 Å². The van der Waals surface area contributed by atoms with Crippen molar-refractivity contribution >= 4 is 5.96 Å². The fourth-order valence-corrected chi connectivity index (χ4v) is 2.83. The Morgan fingerprint density at radius 2 is 1.96 bits per heavy atom. The highest BCUT2D eigenvalue weighted by Crippen LogP contribution is 2.25. The molecule has 23 heavy (non-hydrogen) atoms. The topological polar surface area (TPSA) is 48.9 Å². The van der Waals surface area contributed by atoms with Crippen LogP contribution in [0.4, 0.5) is 0 Å². The summed E-state index contributed by atoms with van der Waals surface area (Å²) >= 11 is 0. The zero-order valence-corrected chi connectivity index (χ0v) is 15.9. The number of aliphatic imine (C=N–C) groups is 1. The lowest BCUT2D eigenvalue weighted by atomic mass is 10.0. The predicted octanol–water partition coefficient (Wildman–Crippen LogP) is 2.48. The maximum atomic E-state index is 5.79. The van der Waals surface area contributed by atoms with Crippen molar-refractivity contribution in [2.24, 2.45) is 10.9 Å². The van der Waals surface area contributed by atoms with E-state index in [0.29, 0.717) is 12.0 Å². The van der Waals surface area contributed by atoms with Crippen LogP contribution in [0.2, 0.25) is 0 Å². The van der Waals surface area contributed by atoms with Crippen LogP contribution in [-0.4, -0.2) is 62.3 Å². The molecule has 2 N–H and O–H groups in total. The van der Waals surface area contributed by atoms with Crippen molar-refractivity contribution in [3.63, 3.8) is 0 Å². The van der Waals surface area contributed by atoms with Gasteiger partial charge in [-0.2, -0.15) is 0 Å². The number of nitrogens with zero attached hydrogens (tertiary/aromatic N) is 2. The van der Waals surface area contributed by atoms with E-state index in [4.69, 9.17) is 9.73 Å². The molecule has 0 aromatic heterocycles. The van der Waals surface area contributed by atoms with E-state index in [1.807, 2.05) is 0 Å². The molecule has 1 fully saturated rings.